The van der Waals surface area contributed by atoms with E-state index >= 15 is 0 Å². The molecule has 0 aromatic heterocycles. The molecule has 2 amide bonds. The smallest absolute Gasteiger partial charge is 0.266 e. The van der Waals surface area contributed by atoms with Crippen LogP contribution in [0.25, 0.3) is 0 Å². The van der Waals surface area contributed by atoms with Crippen LogP contribution in [-0.4, -0.2) is 31.1 Å². The molecule has 0 spiro atoms. The molecule has 0 aliphatic carbocycles. The van der Waals surface area contributed by atoms with E-state index in [1.165, 1.54) is 4.90 Å². The maximum absolute atomic E-state index is 13.8. The number of ether oxygens (including phenoxy) is 2. The molecule has 37 heavy (non-hydrogen) atoms. The molecule has 192 valence electrons. The van der Waals surface area contributed by atoms with Crippen LogP contribution in [-0.2, 0) is 14.4 Å². The number of benzene rings is 3. The zero-order valence-electron chi connectivity index (χ0n) is 20.8. The van der Waals surface area contributed by atoms with Crippen molar-refractivity contribution in [3.05, 3.63) is 83.4 Å². The minimum atomic E-state index is -0.954. The van der Waals surface area contributed by atoms with Gasteiger partial charge in [-0.3, -0.25) is 14.4 Å². The Morgan fingerprint density at radius 2 is 1.62 bits per heavy atom. The van der Waals surface area contributed by atoms with Crippen molar-refractivity contribution < 1.29 is 23.9 Å². The summed E-state index contributed by atoms with van der Waals surface area (Å²) in [6.07, 6.45) is 1.01. The van der Waals surface area contributed by atoms with Gasteiger partial charge >= 0.3 is 0 Å². The van der Waals surface area contributed by atoms with E-state index in [4.69, 9.17) is 25.9 Å². The number of amides is 2. The Hall–Kier alpha value is -3.55. The van der Waals surface area contributed by atoms with Crippen molar-refractivity contribution >= 4 is 34.8 Å². The number of hydrogen-bond donors (Lipinski definition) is 0. The van der Waals surface area contributed by atoms with Gasteiger partial charge in [0.05, 0.1) is 30.6 Å². The Morgan fingerprint density at radius 3 is 2.32 bits per heavy atom. The molecule has 2 aliphatic rings. The number of halogens is 1. The maximum atomic E-state index is 13.8. The van der Waals surface area contributed by atoms with Gasteiger partial charge in [-0.2, -0.15) is 0 Å². The minimum Gasteiger partial charge on any atom is -0.490 e. The summed E-state index contributed by atoms with van der Waals surface area (Å²) >= 11 is 6.03. The van der Waals surface area contributed by atoms with E-state index in [1.54, 1.807) is 29.3 Å². The normalized spacial score (nSPS) is 20.9. The SMILES string of the molecule is CCCCOc1ccc(C2C3C(=O)N(c4ccc(Cl)cc4)C(=O)C3ON2c2ccccc2)cc1OCC. The van der Waals surface area contributed by atoms with Crippen LogP contribution < -0.4 is 19.4 Å². The Morgan fingerprint density at radius 1 is 0.865 bits per heavy atom. The van der Waals surface area contributed by atoms with Crippen molar-refractivity contribution in [2.24, 2.45) is 5.92 Å². The highest BCUT2D eigenvalue weighted by molar-refractivity contribution is 6.31. The van der Waals surface area contributed by atoms with Gasteiger partial charge in [0.15, 0.2) is 17.6 Å². The lowest BCUT2D eigenvalue weighted by Gasteiger charge is -2.29. The molecule has 0 N–H and O–H groups in total. The second kappa shape index (κ2) is 10.8. The second-order valence-corrected chi connectivity index (χ2v) is 9.42. The van der Waals surface area contributed by atoms with Crippen LogP contribution in [0.2, 0.25) is 5.02 Å². The van der Waals surface area contributed by atoms with Gasteiger partial charge in [0.2, 0.25) is 5.91 Å². The molecule has 0 bridgehead atoms. The Bertz CT molecular complexity index is 1270. The molecule has 2 aliphatic heterocycles. The summed E-state index contributed by atoms with van der Waals surface area (Å²) < 4.78 is 11.9. The monoisotopic (exact) mass is 520 g/mol. The van der Waals surface area contributed by atoms with Crippen LogP contribution in [0, 0.1) is 5.92 Å². The molecule has 3 unspecified atom stereocenters. The first-order valence-electron chi connectivity index (χ1n) is 12.6. The zero-order valence-corrected chi connectivity index (χ0v) is 21.6. The standard InChI is InChI=1S/C29H29ClN2O5/c1-3-5-17-36-23-16-11-19(18-24(23)35-4-2)26-25-27(37-32(26)22-9-7-6-8-10-22)29(34)31(28(25)33)21-14-12-20(30)13-15-21/h6-16,18,25-27H,3-5,17H2,1-2H3. The molecule has 2 fully saturated rings. The zero-order chi connectivity index (χ0) is 25.9. The quantitative estimate of drug-likeness (QED) is 0.256. The first-order chi connectivity index (χ1) is 18.0. The lowest BCUT2D eigenvalue weighted by Crippen LogP contribution is -2.37. The minimum absolute atomic E-state index is 0.318. The number of carbonyl (C=O) groups excluding carboxylic acids is 2. The van der Waals surface area contributed by atoms with Crippen molar-refractivity contribution in [1.82, 2.24) is 0 Å². The largest absolute Gasteiger partial charge is 0.490 e. The summed E-state index contributed by atoms with van der Waals surface area (Å²) in [5.74, 6) is -0.215. The molecule has 2 heterocycles. The van der Waals surface area contributed by atoms with Gasteiger partial charge in [-0.15, -0.1) is 0 Å². The summed E-state index contributed by atoms with van der Waals surface area (Å²) in [5.41, 5.74) is 2.01. The van der Waals surface area contributed by atoms with Crippen LogP contribution in [0.1, 0.15) is 38.3 Å². The number of para-hydroxylation sites is 1. The van der Waals surface area contributed by atoms with E-state index in [0.717, 1.165) is 24.1 Å². The van der Waals surface area contributed by atoms with E-state index in [0.29, 0.717) is 35.4 Å². The average Bonchev–Trinajstić information content (AvgIpc) is 3.42. The fourth-order valence-electron chi connectivity index (χ4n) is 4.82. The van der Waals surface area contributed by atoms with E-state index in [9.17, 15) is 9.59 Å². The van der Waals surface area contributed by atoms with Gasteiger partial charge in [-0.05, 0) is 67.4 Å². The number of fused-ring (bicyclic) bond motifs is 1. The summed E-state index contributed by atoms with van der Waals surface area (Å²) in [6.45, 7) is 5.08. The third-order valence-electron chi connectivity index (χ3n) is 6.58. The van der Waals surface area contributed by atoms with E-state index in [-0.39, 0.29) is 5.91 Å². The fraction of sp³-hybridized carbons (Fsp3) is 0.310. The first-order valence-corrected chi connectivity index (χ1v) is 12.9. The van der Waals surface area contributed by atoms with Gasteiger partial charge < -0.3 is 9.47 Å². The number of hydroxylamine groups is 1. The van der Waals surface area contributed by atoms with Crippen molar-refractivity contribution in [1.29, 1.82) is 0 Å². The summed E-state index contributed by atoms with van der Waals surface area (Å²) in [6, 6.07) is 21.2. The molecular weight excluding hydrogens is 492 g/mol. The van der Waals surface area contributed by atoms with Gasteiger partial charge in [-0.25, -0.2) is 9.96 Å². The predicted molar refractivity (Wildman–Crippen MR) is 142 cm³/mol. The molecule has 3 atom stereocenters. The van der Waals surface area contributed by atoms with Crippen molar-refractivity contribution in [2.75, 3.05) is 23.2 Å². The summed E-state index contributed by atoms with van der Waals surface area (Å²) in [4.78, 5) is 34.7. The molecule has 0 radical (unpaired) electrons. The number of unbranched alkanes of at least 4 members (excludes halogenated alkanes) is 1. The molecular formula is C29H29ClN2O5. The highest BCUT2D eigenvalue weighted by Crippen LogP contribution is 2.48. The third kappa shape index (κ3) is 4.77. The van der Waals surface area contributed by atoms with E-state index < -0.39 is 24.0 Å². The highest BCUT2D eigenvalue weighted by atomic mass is 35.5. The van der Waals surface area contributed by atoms with Crippen molar-refractivity contribution in [3.63, 3.8) is 0 Å². The molecule has 3 aromatic carbocycles. The van der Waals surface area contributed by atoms with Gasteiger partial charge in [-0.1, -0.05) is 49.2 Å². The van der Waals surface area contributed by atoms with Crippen LogP contribution in [0.15, 0.2) is 72.8 Å². The maximum Gasteiger partial charge on any atom is 0.266 e. The van der Waals surface area contributed by atoms with E-state index in [2.05, 4.69) is 6.92 Å². The Balaban J connectivity index is 1.55. The highest BCUT2D eigenvalue weighted by Gasteiger charge is 2.60. The fourth-order valence-corrected chi connectivity index (χ4v) is 4.95. The number of hydrogen-bond acceptors (Lipinski definition) is 6. The molecule has 5 rings (SSSR count). The lowest BCUT2D eigenvalue weighted by molar-refractivity contribution is -0.126. The van der Waals surface area contributed by atoms with Crippen molar-refractivity contribution in [2.45, 2.75) is 38.8 Å². The third-order valence-corrected chi connectivity index (χ3v) is 6.83. The molecule has 7 nitrogen and oxygen atoms in total. The molecule has 2 saturated heterocycles. The topological polar surface area (TPSA) is 68.3 Å². The average molecular weight is 521 g/mol. The van der Waals surface area contributed by atoms with Gasteiger partial charge in [0.25, 0.3) is 5.91 Å². The number of carbonyl (C=O) groups is 2. The predicted octanol–water partition coefficient (Wildman–Crippen LogP) is 5.97. The number of rotatable bonds is 9. The lowest BCUT2D eigenvalue weighted by atomic mass is 9.90. The number of imide groups is 1. The van der Waals surface area contributed by atoms with Crippen LogP contribution in [0.3, 0.4) is 0 Å². The van der Waals surface area contributed by atoms with Gasteiger partial charge in [0, 0.05) is 5.02 Å². The second-order valence-electron chi connectivity index (χ2n) is 8.99. The number of anilines is 2. The van der Waals surface area contributed by atoms with Crippen LogP contribution >= 0.6 is 11.6 Å². The Kier molecular flexibility index (Phi) is 7.35. The summed E-state index contributed by atoms with van der Waals surface area (Å²) in [7, 11) is 0. The molecule has 8 heteroatoms. The van der Waals surface area contributed by atoms with Crippen LogP contribution in [0.5, 0.6) is 11.5 Å². The van der Waals surface area contributed by atoms with Crippen LogP contribution in [0.4, 0.5) is 11.4 Å². The van der Waals surface area contributed by atoms with Gasteiger partial charge in [0.1, 0.15) is 5.92 Å². The molecule has 0 saturated carbocycles. The first kappa shape index (κ1) is 25.1. The molecule has 3 aromatic rings. The van der Waals surface area contributed by atoms with Crippen molar-refractivity contribution in [3.8, 4) is 11.5 Å². The Labute approximate surface area is 221 Å². The van der Waals surface area contributed by atoms with E-state index in [1.807, 2.05) is 55.5 Å². The summed E-state index contributed by atoms with van der Waals surface area (Å²) in [5, 5.41) is 2.20. The number of nitrogens with zero attached hydrogens (tertiary/aromatic N) is 2.